The lowest BCUT2D eigenvalue weighted by atomic mass is 10.1. The number of benzene rings is 1. The van der Waals surface area contributed by atoms with Crippen molar-refractivity contribution in [3.63, 3.8) is 0 Å². The summed E-state index contributed by atoms with van der Waals surface area (Å²) in [6.45, 7) is 2.07. The predicted octanol–water partition coefficient (Wildman–Crippen LogP) is 3.57. The predicted molar refractivity (Wildman–Crippen MR) is 83.8 cm³/mol. The fourth-order valence-corrected chi connectivity index (χ4v) is 2.81. The molecular weight excluding hydrogens is 335 g/mol. The van der Waals surface area contributed by atoms with Crippen LogP contribution in [0.4, 0.5) is 13.2 Å². The fourth-order valence-electron chi connectivity index (χ4n) is 2.81. The number of nitrogens with zero attached hydrogens (tertiary/aromatic N) is 2. The highest BCUT2D eigenvalue weighted by Crippen LogP contribution is 2.32. The van der Waals surface area contributed by atoms with Crippen molar-refractivity contribution in [2.45, 2.75) is 12.3 Å². The zero-order valence-corrected chi connectivity index (χ0v) is 13.0. The van der Waals surface area contributed by atoms with Crippen LogP contribution >= 0.6 is 0 Å². The molecule has 0 bridgehead atoms. The van der Waals surface area contributed by atoms with E-state index in [2.05, 4.69) is 15.3 Å². The second-order valence-corrected chi connectivity index (χ2v) is 5.71. The lowest BCUT2D eigenvalue weighted by Crippen LogP contribution is -2.33. The molecule has 0 radical (unpaired) electrons. The lowest BCUT2D eigenvalue weighted by molar-refractivity contribution is -0.141. The van der Waals surface area contributed by atoms with Gasteiger partial charge >= 0.3 is 6.18 Å². The first-order valence-corrected chi connectivity index (χ1v) is 7.78. The molecule has 4 rings (SSSR count). The number of ether oxygens (including phenoxy) is 1. The molecule has 1 N–H and O–H groups in total. The van der Waals surface area contributed by atoms with Crippen LogP contribution in [0, 0.1) is 0 Å². The van der Waals surface area contributed by atoms with Gasteiger partial charge in [-0.25, -0.2) is 4.98 Å². The molecule has 1 aliphatic rings. The minimum absolute atomic E-state index is 0.138. The largest absolute Gasteiger partial charge is 0.436 e. The van der Waals surface area contributed by atoms with Gasteiger partial charge in [0.05, 0.1) is 18.3 Å². The van der Waals surface area contributed by atoms with E-state index in [1.165, 1.54) is 6.07 Å². The van der Waals surface area contributed by atoms with Crippen LogP contribution in [-0.2, 0) is 10.9 Å². The second-order valence-electron chi connectivity index (χ2n) is 5.71. The molecular formula is C17H14F3N3O2. The van der Waals surface area contributed by atoms with Gasteiger partial charge in [-0.05, 0) is 18.2 Å². The smallest absolute Gasteiger partial charge is 0.433 e. The Morgan fingerprint density at radius 3 is 2.72 bits per heavy atom. The third kappa shape index (κ3) is 3.10. The Balaban J connectivity index is 1.71. The van der Waals surface area contributed by atoms with E-state index in [9.17, 15) is 13.2 Å². The summed E-state index contributed by atoms with van der Waals surface area (Å²) in [4.78, 5) is 7.90. The van der Waals surface area contributed by atoms with Gasteiger partial charge in [-0.1, -0.05) is 12.1 Å². The Labute approximate surface area is 140 Å². The molecule has 1 atom stereocenters. The van der Waals surface area contributed by atoms with Crippen molar-refractivity contribution in [3.05, 3.63) is 47.8 Å². The maximum Gasteiger partial charge on any atom is 0.433 e. The number of halogens is 3. The van der Waals surface area contributed by atoms with Gasteiger partial charge in [0.25, 0.3) is 0 Å². The molecule has 25 heavy (non-hydrogen) atoms. The highest BCUT2D eigenvalue weighted by Gasteiger charge is 2.32. The first-order chi connectivity index (χ1) is 12.0. The number of rotatable bonds is 2. The number of fused-ring (bicyclic) bond motifs is 1. The van der Waals surface area contributed by atoms with Gasteiger partial charge in [0, 0.05) is 24.8 Å². The highest BCUT2D eigenvalue weighted by atomic mass is 19.4. The SMILES string of the molecule is FC(F)(F)c1ccc(-c2nc3c(C4CNCCO4)cccc3o2)cn1. The molecule has 1 fully saturated rings. The van der Waals surface area contributed by atoms with Crippen molar-refractivity contribution >= 4 is 11.1 Å². The van der Waals surface area contributed by atoms with Crippen LogP contribution in [0.25, 0.3) is 22.6 Å². The van der Waals surface area contributed by atoms with E-state index >= 15 is 0 Å². The topological polar surface area (TPSA) is 60.2 Å². The van der Waals surface area contributed by atoms with E-state index in [1.54, 1.807) is 6.07 Å². The summed E-state index contributed by atoms with van der Waals surface area (Å²) in [6.07, 6.45) is -3.49. The Morgan fingerprint density at radius 2 is 2.04 bits per heavy atom. The third-order valence-electron chi connectivity index (χ3n) is 4.03. The average Bonchev–Trinajstić information content (AvgIpc) is 3.06. The Morgan fingerprint density at radius 1 is 1.16 bits per heavy atom. The first kappa shape index (κ1) is 16.0. The highest BCUT2D eigenvalue weighted by molar-refractivity contribution is 5.80. The van der Waals surface area contributed by atoms with E-state index in [0.717, 1.165) is 24.4 Å². The molecule has 130 valence electrons. The van der Waals surface area contributed by atoms with Crippen LogP contribution in [0.3, 0.4) is 0 Å². The molecule has 1 aliphatic heterocycles. The number of hydrogen-bond acceptors (Lipinski definition) is 5. The van der Waals surface area contributed by atoms with E-state index in [-0.39, 0.29) is 12.0 Å². The number of alkyl halides is 3. The number of oxazole rings is 1. The Bertz CT molecular complexity index is 884. The van der Waals surface area contributed by atoms with Crippen molar-refractivity contribution in [1.29, 1.82) is 0 Å². The van der Waals surface area contributed by atoms with Crippen molar-refractivity contribution in [2.75, 3.05) is 19.7 Å². The number of para-hydroxylation sites is 1. The molecule has 1 saturated heterocycles. The number of morpholine rings is 1. The van der Waals surface area contributed by atoms with E-state index in [1.807, 2.05) is 12.1 Å². The van der Waals surface area contributed by atoms with E-state index < -0.39 is 11.9 Å². The lowest BCUT2D eigenvalue weighted by Gasteiger charge is -2.23. The Kier molecular flexibility index (Phi) is 3.93. The summed E-state index contributed by atoms with van der Waals surface area (Å²) in [6, 6.07) is 7.74. The number of pyridine rings is 1. The van der Waals surface area contributed by atoms with Crippen molar-refractivity contribution < 1.29 is 22.3 Å². The van der Waals surface area contributed by atoms with Gasteiger partial charge in [-0.2, -0.15) is 13.2 Å². The molecule has 2 aromatic heterocycles. The van der Waals surface area contributed by atoms with E-state index in [4.69, 9.17) is 9.15 Å². The van der Waals surface area contributed by atoms with Crippen molar-refractivity contribution in [2.24, 2.45) is 0 Å². The van der Waals surface area contributed by atoms with Crippen LogP contribution in [-0.4, -0.2) is 29.7 Å². The number of nitrogens with one attached hydrogen (secondary N) is 1. The summed E-state index contributed by atoms with van der Waals surface area (Å²) >= 11 is 0. The fraction of sp³-hybridized carbons (Fsp3) is 0.294. The van der Waals surface area contributed by atoms with Gasteiger partial charge in [0.1, 0.15) is 11.2 Å². The molecule has 0 amide bonds. The summed E-state index contributed by atoms with van der Waals surface area (Å²) < 4.78 is 49.3. The minimum Gasteiger partial charge on any atom is -0.436 e. The van der Waals surface area contributed by atoms with Gasteiger partial charge in [-0.15, -0.1) is 0 Å². The maximum atomic E-state index is 12.6. The van der Waals surface area contributed by atoms with Crippen LogP contribution in [0.5, 0.6) is 0 Å². The Hall–Kier alpha value is -2.45. The molecule has 3 aromatic rings. The molecule has 3 heterocycles. The molecule has 1 unspecified atom stereocenters. The van der Waals surface area contributed by atoms with Crippen molar-refractivity contribution in [3.8, 4) is 11.5 Å². The van der Waals surface area contributed by atoms with Gasteiger partial charge in [0.2, 0.25) is 5.89 Å². The van der Waals surface area contributed by atoms with Crippen LogP contribution < -0.4 is 5.32 Å². The number of aromatic nitrogens is 2. The molecule has 0 spiro atoms. The minimum atomic E-state index is -4.47. The number of hydrogen-bond donors (Lipinski definition) is 1. The van der Waals surface area contributed by atoms with Crippen LogP contribution in [0.1, 0.15) is 17.4 Å². The standard InChI is InChI=1S/C17H14F3N3O2/c18-17(19,20)14-5-4-10(8-22-14)16-23-15-11(2-1-3-12(15)25-16)13-9-21-6-7-24-13/h1-5,8,13,21H,6-7,9H2. The summed E-state index contributed by atoms with van der Waals surface area (Å²) in [5.41, 5.74) is 1.53. The van der Waals surface area contributed by atoms with Crippen molar-refractivity contribution in [1.82, 2.24) is 15.3 Å². The van der Waals surface area contributed by atoms with Gasteiger partial charge in [0.15, 0.2) is 5.58 Å². The third-order valence-corrected chi connectivity index (χ3v) is 4.03. The molecule has 0 saturated carbocycles. The zero-order valence-electron chi connectivity index (χ0n) is 13.0. The van der Waals surface area contributed by atoms with Gasteiger partial charge in [-0.3, -0.25) is 4.98 Å². The quantitative estimate of drug-likeness (QED) is 0.766. The van der Waals surface area contributed by atoms with Crippen LogP contribution in [0.2, 0.25) is 0 Å². The molecule has 8 heteroatoms. The first-order valence-electron chi connectivity index (χ1n) is 7.78. The molecule has 1 aromatic carbocycles. The van der Waals surface area contributed by atoms with Crippen LogP contribution in [0.15, 0.2) is 40.9 Å². The maximum absolute atomic E-state index is 12.6. The zero-order chi connectivity index (χ0) is 17.4. The second kappa shape index (κ2) is 6.12. The normalized spacial score (nSPS) is 18.6. The summed E-state index contributed by atoms with van der Waals surface area (Å²) in [7, 11) is 0. The van der Waals surface area contributed by atoms with Gasteiger partial charge < -0.3 is 14.5 Å². The molecule has 0 aliphatic carbocycles. The summed E-state index contributed by atoms with van der Waals surface area (Å²) in [5.74, 6) is 0.229. The van der Waals surface area contributed by atoms with E-state index in [0.29, 0.717) is 29.8 Å². The summed E-state index contributed by atoms with van der Waals surface area (Å²) in [5, 5.41) is 3.26. The monoisotopic (exact) mass is 349 g/mol. The molecule has 5 nitrogen and oxygen atoms in total. The average molecular weight is 349 g/mol.